The fourth-order valence-corrected chi connectivity index (χ4v) is 5.76. The van der Waals surface area contributed by atoms with E-state index < -0.39 is 19.9 Å². The van der Waals surface area contributed by atoms with E-state index in [1.807, 2.05) is 6.08 Å². The Balaban J connectivity index is 2.23. The molecule has 2 rings (SSSR count). The summed E-state index contributed by atoms with van der Waals surface area (Å²) in [5, 5.41) is 0.150. The zero-order valence-electron chi connectivity index (χ0n) is 19.8. The van der Waals surface area contributed by atoms with Gasteiger partial charge in [0.15, 0.2) is 8.32 Å². The fraction of sp³-hybridized carbons (Fsp3) is 0.667. The molecular weight excluding hydrogens is 396 g/mol. The summed E-state index contributed by atoms with van der Waals surface area (Å²) in [6.45, 7) is 21.4. The molecule has 6 heteroatoms. The molecule has 1 aliphatic carbocycles. The molecule has 0 aromatic carbocycles. The van der Waals surface area contributed by atoms with Crippen molar-refractivity contribution >= 4 is 20.6 Å². The number of aldehydes is 1. The third-order valence-corrected chi connectivity index (χ3v) is 11.6. The number of epoxide rings is 1. The van der Waals surface area contributed by atoms with Gasteiger partial charge in [0.25, 0.3) is 0 Å². The van der Waals surface area contributed by atoms with Crippen molar-refractivity contribution in [3.63, 3.8) is 0 Å². The van der Waals surface area contributed by atoms with Crippen LogP contribution in [0.15, 0.2) is 36.5 Å². The van der Waals surface area contributed by atoms with E-state index in [4.69, 9.17) is 13.9 Å². The van der Waals surface area contributed by atoms with Crippen LogP contribution in [-0.4, -0.2) is 44.5 Å². The van der Waals surface area contributed by atoms with Gasteiger partial charge in [-0.25, -0.2) is 4.79 Å². The fourth-order valence-electron chi connectivity index (χ4n) is 4.41. The zero-order chi connectivity index (χ0) is 23.0. The lowest BCUT2D eigenvalue weighted by molar-refractivity contribution is -0.137. The maximum Gasteiger partial charge on any atom is 0.338 e. The number of ether oxygens (including phenoxy) is 2. The van der Waals surface area contributed by atoms with Crippen LogP contribution in [0.3, 0.4) is 0 Å². The van der Waals surface area contributed by atoms with Gasteiger partial charge in [-0.05, 0) is 49.7 Å². The predicted octanol–water partition coefficient (Wildman–Crippen LogP) is 5.14. The van der Waals surface area contributed by atoms with Crippen LogP contribution >= 0.6 is 0 Å². The highest BCUT2D eigenvalue weighted by atomic mass is 28.4. The molecule has 0 aromatic rings. The van der Waals surface area contributed by atoms with Crippen LogP contribution in [0, 0.1) is 5.41 Å². The Labute approximate surface area is 182 Å². The molecule has 1 heterocycles. The second kappa shape index (κ2) is 8.21. The lowest BCUT2D eigenvalue weighted by Crippen LogP contribution is -2.51. The molecule has 0 aromatic heterocycles. The van der Waals surface area contributed by atoms with E-state index in [2.05, 4.69) is 61.2 Å². The summed E-state index contributed by atoms with van der Waals surface area (Å²) in [6.07, 6.45) is 8.70. The molecule has 2 aliphatic rings. The van der Waals surface area contributed by atoms with E-state index in [1.165, 1.54) is 12.2 Å². The Morgan fingerprint density at radius 2 is 1.87 bits per heavy atom. The van der Waals surface area contributed by atoms with E-state index in [-0.39, 0.29) is 34.3 Å². The summed E-state index contributed by atoms with van der Waals surface area (Å²) < 4.78 is 18.2. The van der Waals surface area contributed by atoms with Crippen molar-refractivity contribution in [3.8, 4) is 0 Å². The van der Waals surface area contributed by atoms with E-state index in [1.54, 1.807) is 6.08 Å². The minimum atomic E-state index is -1.89. The summed E-state index contributed by atoms with van der Waals surface area (Å²) in [4.78, 5) is 23.2. The summed E-state index contributed by atoms with van der Waals surface area (Å²) >= 11 is 0. The quantitative estimate of drug-likeness (QED) is 0.101. The van der Waals surface area contributed by atoms with Crippen molar-refractivity contribution in [2.24, 2.45) is 5.41 Å². The smallest absolute Gasteiger partial charge is 0.338 e. The number of hydrogen-bond donors (Lipinski definition) is 0. The topological polar surface area (TPSA) is 65.1 Å². The number of carbonyl (C=O) groups is 2. The molecule has 5 nitrogen and oxygen atoms in total. The highest BCUT2D eigenvalue weighted by Gasteiger charge is 2.75. The van der Waals surface area contributed by atoms with Gasteiger partial charge >= 0.3 is 5.97 Å². The van der Waals surface area contributed by atoms with Crippen LogP contribution in [0.2, 0.25) is 18.1 Å². The highest BCUT2D eigenvalue weighted by Crippen LogP contribution is 2.66. The van der Waals surface area contributed by atoms with Gasteiger partial charge in [-0.1, -0.05) is 47.3 Å². The maximum absolute atomic E-state index is 12.2. The van der Waals surface area contributed by atoms with Crippen molar-refractivity contribution in [3.05, 3.63) is 36.5 Å². The van der Waals surface area contributed by atoms with Gasteiger partial charge in [0.1, 0.15) is 24.1 Å². The van der Waals surface area contributed by atoms with Crippen LogP contribution in [0.25, 0.3) is 0 Å². The molecule has 1 saturated heterocycles. The van der Waals surface area contributed by atoms with Crippen molar-refractivity contribution in [1.82, 2.24) is 0 Å². The highest BCUT2D eigenvalue weighted by molar-refractivity contribution is 6.74. The minimum Gasteiger partial charge on any atom is -0.458 e. The Hall–Kier alpha value is -1.50. The van der Waals surface area contributed by atoms with E-state index >= 15 is 0 Å². The number of rotatable bonds is 8. The van der Waals surface area contributed by atoms with Crippen LogP contribution in [0.4, 0.5) is 0 Å². The maximum atomic E-state index is 12.2. The first-order chi connectivity index (χ1) is 13.6. The first-order valence-electron chi connectivity index (χ1n) is 10.7. The Bertz CT molecular complexity index is 758. The van der Waals surface area contributed by atoms with Crippen LogP contribution in [0.5, 0.6) is 0 Å². The third kappa shape index (κ3) is 4.55. The summed E-state index contributed by atoms with van der Waals surface area (Å²) in [6, 6.07) is 0. The molecule has 0 amide bonds. The molecule has 30 heavy (non-hydrogen) atoms. The molecule has 168 valence electrons. The van der Waals surface area contributed by atoms with Crippen LogP contribution in [-0.2, 0) is 23.5 Å². The van der Waals surface area contributed by atoms with Gasteiger partial charge in [-0.15, -0.1) is 0 Å². The van der Waals surface area contributed by atoms with Crippen LogP contribution < -0.4 is 0 Å². The normalized spacial score (nSPS) is 31.2. The lowest BCUT2D eigenvalue weighted by atomic mass is 9.63. The number of fused-ring (bicyclic) bond motifs is 1. The first-order valence-corrected chi connectivity index (χ1v) is 13.6. The van der Waals surface area contributed by atoms with Gasteiger partial charge in [0.2, 0.25) is 0 Å². The third-order valence-electron chi connectivity index (χ3n) is 7.07. The molecule has 0 radical (unpaired) electrons. The molecule has 2 fully saturated rings. The summed E-state index contributed by atoms with van der Waals surface area (Å²) in [5.41, 5.74) is -0.862. The second-order valence-electron chi connectivity index (χ2n) is 10.8. The van der Waals surface area contributed by atoms with Gasteiger partial charge in [0, 0.05) is 17.9 Å². The first kappa shape index (κ1) is 24.8. The Morgan fingerprint density at radius 3 is 2.37 bits per heavy atom. The van der Waals surface area contributed by atoms with E-state index in [9.17, 15) is 9.59 Å². The van der Waals surface area contributed by atoms with Gasteiger partial charge in [-0.3, -0.25) is 4.79 Å². The SMILES string of the molecule is C=CCOC(=O)C(=C\C=O)/C=C/[C@@]12O[C@]1(C)C[C@@H](O[Si](C)(C)C(C)(C)C)CC2(C)C. The molecule has 1 saturated carbocycles. The average molecular weight is 435 g/mol. The van der Waals surface area contributed by atoms with Gasteiger partial charge in [-0.2, -0.15) is 0 Å². The zero-order valence-corrected chi connectivity index (χ0v) is 20.8. The summed E-state index contributed by atoms with van der Waals surface area (Å²) in [7, 11) is -1.89. The largest absolute Gasteiger partial charge is 0.458 e. The van der Waals surface area contributed by atoms with Crippen LogP contribution in [0.1, 0.15) is 54.4 Å². The Morgan fingerprint density at radius 1 is 1.23 bits per heavy atom. The van der Waals surface area contributed by atoms with Gasteiger partial charge in [0.05, 0.1) is 5.57 Å². The molecule has 3 atom stereocenters. The molecule has 0 N–H and O–H groups in total. The standard InChI is InChI=1S/C24H38O5Si/c1-10-15-27-20(26)18(12-14-25)11-13-24-22(5,6)16-19(17-23(24,7)29-24)28-30(8,9)21(2,3)4/h10-14,19H,1,15-17H2,2-9H3/b13-11+,18-12-/t19-,23+,24-/m0/s1. The molecule has 1 aliphatic heterocycles. The number of hydrogen-bond acceptors (Lipinski definition) is 5. The van der Waals surface area contributed by atoms with Crippen molar-refractivity contribution in [2.45, 2.75) is 89.8 Å². The summed E-state index contributed by atoms with van der Waals surface area (Å²) in [5.74, 6) is -0.551. The monoisotopic (exact) mass is 434 g/mol. The van der Waals surface area contributed by atoms with Crippen molar-refractivity contribution < 1.29 is 23.5 Å². The number of carbonyl (C=O) groups excluding carboxylic acids is 2. The number of esters is 1. The van der Waals surface area contributed by atoms with Crippen molar-refractivity contribution in [2.75, 3.05) is 6.61 Å². The molecule has 0 bridgehead atoms. The minimum absolute atomic E-state index is 0.0974. The lowest BCUT2D eigenvalue weighted by Gasteiger charge is -2.45. The molecule has 0 spiro atoms. The predicted molar refractivity (Wildman–Crippen MR) is 122 cm³/mol. The Kier molecular flexibility index (Phi) is 6.78. The van der Waals surface area contributed by atoms with Crippen molar-refractivity contribution in [1.29, 1.82) is 0 Å². The number of allylic oxidation sites excluding steroid dienone is 1. The van der Waals surface area contributed by atoms with E-state index in [0.717, 1.165) is 12.8 Å². The average Bonchev–Trinajstić information content (AvgIpc) is 3.21. The molecule has 0 unspecified atom stereocenters. The van der Waals surface area contributed by atoms with Gasteiger partial charge < -0.3 is 13.9 Å². The molecular formula is C24H38O5Si. The second-order valence-corrected chi connectivity index (χ2v) is 15.6. The van der Waals surface area contributed by atoms with E-state index in [0.29, 0.717) is 6.29 Å².